The van der Waals surface area contributed by atoms with Crippen LogP contribution in [0, 0.1) is 0 Å². The Hall–Kier alpha value is -4.87. The van der Waals surface area contributed by atoms with Crippen molar-refractivity contribution >= 4 is 28.5 Å². The molecule has 168 valence electrons. The second kappa shape index (κ2) is 7.33. The van der Waals surface area contributed by atoms with Crippen molar-refractivity contribution in [1.82, 2.24) is 45.4 Å². The van der Waals surface area contributed by atoms with Crippen LogP contribution in [-0.2, 0) is 5.54 Å². The number of hydrogen-bond donors (Lipinski definition) is 2. The van der Waals surface area contributed by atoms with Crippen molar-refractivity contribution in [2.24, 2.45) is 0 Å². The van der Waals surface area contributed by atoms with Crippen molar-refractivity contribution in [2.75, 3.05) is 13.1 Å². The van der Waals surface area contributed by atoms with Gasteiger partial charge in [-0.1, -0.05) is 35.2 Å². The Morgan fingerprint density at radius 1 is 0.941 bits per heavy atom. The fraction of sp³-hybridized carbons (Fsp3) is 0.136. The highest BCUT2D eigenvalue weighted by molar-refractivity contribution is 5.99. The van der Waals surface area contributed by atoms with Gasteiger partial charge in [0.05, 0.1) is 18.7 Å². The van der Waals surface area contributed by atoms with E-state index in [4.69, 9.17) is 0 Å². The van der Waals surface area contributed by atoms with Crippen LogP contribution < -0.4 is 5.32 Å². The number of aromatic nitrogens is 7. The summed E-state index contributed by atoms with van der Waals surface area (Å²) in [6, 6.07) is 17.7. The van der Waals surface area contributed by atoms with Crippen molar-refractivity contribution < 1.29 is 14.8 Å². The number of pyridine rings is 1. The lowest BCUT2D eigenvalue weighted by Gasteiger charge is -2.50. The van der Waals surface area contributed by atoms with Crippen molar-refractivity contribution in [3.63, 3.8) is 0 Å². The fourth-order valence-electron chi connectivity index (χ4n) is 4.23. The highest BCUT2D eigenvalue weighted by atomic mass is 16.5. The van der Waals surface area contributed by atoms with Crippen molar-refractivity contribution in [1.29, 1.82) is 0 Å². The summed E-state index contributed by atoms with van der Waals surface area (Å²) in [5.41, 5.74) is 2.28. The first-order chi connectivity index (χ1) is 16.5. The molecule has 0 atom stereocenters. The predicted molar refractivity (Wildman–Crippen MR) is 117 cm³/mol. The molecule has 12 heteroatoms. The van der Waals surface area contributed by atoms with Gasteiger partial charge in [-0.15, -0.1) is 10.2 Å². The number of carbonyl (C=O) groups excluding carboxylic acids is 2. The van der Waals surface area contributed by atoms with E-state index in [1.807, 2.05) is 30.3 Å². The Morgan fingerprint density at radius 3 is 2.56 bits per heavy atom. The summed E-state index contributed by atoms with van der Waals surface area (Å²) in [5, 5.41) is 31.5. The zero-order chi connectivity index (χ0) is 23.3. The third-order valence-electron chi connectivity index (χ3n) is 6.02. The number of amides is 2. The Bertz CT molecular complexity index is 1550. The first-order valence-electron chi connectivity index (χ1n) is 10.4. The molecule has 1 aliphatic heterocycles. The number of hydrogen-bond acceptors (Lipinski definition) is 8. The van der Waals surface area contributed by atoms with Crippen LogP contribution in [0.1, 0.15) is 26.3 Å². The molecule has 4 heterocycles. The van der Waals surface area contributed by atoms with E-state index in [1.165, 1.54) is 4.52 Å². The molecule has 2 amide bonds. The van der Waals surface area contributed by atoms with Crippen LogP contribution in [0.2, 0.25) is 0 Å². The van der Waals surface area contributed by atoms with Crippen molar-refractivity contribution in [3.8, 4) is 0 Å². The normalized spacial score (nSPS) is 14.8. The maximum Gasteiger partial charge on any atom is 0.254 e. The van der Waals surface area contributed by atoms with E-state index in [0.29, 0.717) is 32.7 Å². The molecule has 0 unspecified atom stereocenters. The van der Waals surface area contributed by atoms with Gasteiger partial charge in [-0.25, -0.2) is 0 Å². The number of fused-ring (bicyclic) bond motifs is 2. The maximum absolute atomic E-state index is 13.2. The van der Waals surface area contributed by atoms with Gasteiger partial charge >= 0.3 is 0 Å². The van der Waals surface area contributed by atoms with Crippen LogP contribution in [-0.4, -0.2) is 70.2 Å². The van der Waals surface area contributed by atoms with E-state index < -0.39 is 5.54 Å². The molecular formula is C22H17N9O3. The molecule has 1 fully saturated rings. The topological polar surface area (TPSA) is 143 Å². The molecular weight excluding hydrogens is 438 g/mol. The third-order valence-corrected chi connectivity index (χ3v) is 6.02. The van der Waals surface area contributed by atoms with E-state index in [1.54, 1.807) is 41.4 Å². The molecule has 0 spiro atoms. The van der Waals surface area contributed by atoms with Gasteiger partial charge in [0.2, 0.25) is 0 Å². The number of likely N-dealkylation sites (tertiary alicyclic amines) is 1. The van der Waals surface area contributed by atoms with Gasteiger partial charge in [0.25, 0.3) is 11.8 Å². The lowest BCUT2D eigenvalue weighted by molar-refractivity contribution is 0.0262. The number of nitrogens with one attached hydrogen (secondary N) is 1. The lowest BCUT2D eigenvalue weighted by Crippen LogP contribution is -2.68. The number of tetrazole rings is 1. The van der Waals surface area contributed by atoms with Gasteiger partial charge in [-0.3, -0.25) is 9.59 Å². The SMILES string of the molecule is O=C(NC1(c2ccccc2)CN(C(=O)c2ccc3nnn(O)c3c2)C1)c1ccc2nnnn2c1. The molecule has 3 aromatic heterocycles. The number of carbonyl (C=O) groups is 2. The Kier molecular flexibility index (Phi) is 4.27. The standard InChI is InChI=1S/C22H17N9O3/c32-20(15-7-9-19-25-26-28-30(19)11-15)23-22(16-4-2-1-3-5-16)12-29(13-22)21(33)14-6-8-17-18(10-14)31(34)27-24-17/h1-11,34H,12-13H2,(H,23,32). The molecule has 5 aromatic rings. The smallest absolute Gasteiger partial charge is 0.254 e. The molecule has 0 aliphatic carbocycles. The summed E-state index contributed by atoms with van der Waals surface area (Å²) in [5.74, 6) is -0.524. The summed E-state index contributed by atoms with van der Waals surface area (Å²) < 4.78 is 1.43. The molecule has 1 aliphatic rings. The van der Waals surface area contributed by atoms with E-state index in [2.05, 4.69) is 31.2 Å². The average molecular weight is 455 g/mol. The van der Waals surface area contributed by atoms with Crippen molar-refractivity contribution in [2.45, 2.75) is 5.54 Å². The molecule has 0 saturated carbocycles. The fourth-order valence-corrected chi connectivity index (χ4v) is 4.23. The van der Waals surface area contributed by atoms with Crippen LogP contribution in [0.3, 0.4) is 0 Å². The predicted octanol–water partition coefficient (Wildman–Crippen LogP) is 0.888. The molecule has 0 radical (unpaired) electrons. The van der Waals surface area contributed by atoms with Crippen LogP contribution in [0.5, 0.6) is 0 Å². The highest BCUT2D eigenvalue weighted by Gasteiger charge is 2.48. The first-order valence-corrected chi connectivity index (χ1v) is 10.4. The minimum Gasteiger partial charge on any atom is -0.410 e. The van der Waals surface area contributed by atoms with Crippen LogP contribution >= 0.6 is 0 Å². The summed E-state index contributed by atoms with van der Waals surface area (Å²) in [7, 11) is 0. The summed E-state index contributed by atoms with van der Waals surface area (Å²) in [6.07, 6.45) is 1.56. The minimum absolute atomic E-state index is 0.223. The largest absolute Gasteiger partial charge is 0.410 e. The maximum atomic E-state index is 13.2. The van der Waals surface area contributed by atoms with Gasteiger partial charge in [-0.05, 0) is 51.5 Å². The van der Waals surface area contributed by atoms with E-state index >= 15 is 0 Å². The first kappa shape index (κ1) is 19.8. The number of benzene rings is 2. The quantitative estimate of drug-likeness (QED) is 0.380. The Balaban J connectivity index is 1.27. The second-order valence-corrected chi connectivity index (χ2v) is 8.15. The number of nitrogens with zero attached hydrogens (tertiary/aromatic N) is 8. The molecule has 34 heavy (non-hydrogen) atoms. The molecule has 12 nitrogen and oxygen atoms in total. The van der Waals surface area contributed by atoms with Gasteiger partial charge in [0.15, 0.2) is 5.65 Å². The van der Waals surface area contributed by atoms with Crippen LogP contribution in [0.15, 0.2) is 66.9 Å². The minimum atomic E-state index is -0.756. The zero-order valence-electron chi connectivity index (χ0n) is 17.6. The van der Waals surface area contributed by atoms with E-state index in [0.717, 1.165) is 5.56 Å². The Morgan fingerprint density at radius 2 is 1.74 bits per heavy atom. The Labute approximate surface area is 191 Å². The zero-order valence-corrected chi connectivity index (χ0v) is 17.6. The third kappa shape index (κ3) is 3.11. The summed E-state index contributed by atoms with van der Waals surface area (Å²) in [4.78, 5) is 28.6. The van der Waals surface area contributed by atoms with E-state index in [-0.39, 0.29) is 24.9 Å². The molecule has 1 saturated heterocycles. The molecule has 0 bridgehead atoms. The molecule has 2 N–H and O–H groups in total. The summed E-state index contributed by atoms with van der Waals surface area (Å²) in [6.45, 7) is 0.562. The van der Waals surface area contributed by atoms with Gasteiger partial charge in [0, 0.05) is 11.8 Å². The summed E-state index contributed by atoms with van der Waals surface area (Å²) >= 11 is 0. The van der Waals surface area contributed by atoms with Crippen molar-refractivity contribution in [3.05, 3.63) is 83.6 Å². The number of rotatable bonds is 4. The lowest BCUT2D eigenvalue weighted by atomic mass is 9.81. The van der Waals surface area contributed by atoms with E-state index in [9.17, 15) is 14.8 Å². The van der Waals surface area contributed by atoms with Crippen LogP contribution in [0.25, 0.3) is 16.7 Å². The molecule has 6 rings (SSSR count). The molecule has 2 aromatic carbocycles. The highest BCUT2D eigenvalue weighted by Crippen LogP contribution is 2.34. The van der Waals surface area contributed by atoms with Crippen LogP contribution in [0.4, 0.5) is 0 Å². The van der Waals surface area contributed by atoms with Gasteiger partial charge in [-0.2, -0.15) is 4.52 Å². The monoisotopic (exact) mass is 455 g/mol. The second-order valence-electron chi connectivity index (χ2n) is 8.15. The average Bonchev–Trinajstić information content (AvgIpc) is 3.47. The van der Waals surface area contributed by atoms with Gasteiger partial charge < -0.3 is 15.4 Å². The van der Waals surface area contributed by atoms with Gasteiger partial charge in [0.1, 0.15) is 16.6 Å².